The molecule has 156 valence electrons. The molecule has 0 saturated carbocycles. The van der Waals surface area contributed by atoms with Crippen molar-refractivity contribution < 1.29 is 29.4 Å². The van der Waals surface area contributed by atoms with Crippen LogP contribution in [0.4, 0.5) is 0 Å². The molecule has 30 heavy (non-hydrogen) atoms. The van der Waals surface area contributed by atoms with Crippen LogP contribution < -0.4 is 15.6 Å². The molecular formula is C21H19Cl5O2SiZn. The van der Waals surface area contributed by atoms with Gasteiger partial charge >= 0.3 is 0 Å². The van der Waals surface area contributed by atoms with Crippen LogP contribution in [-0.4, -0.2) is 33.0 Å². The number of halogens is 5. The summed E-state index contributed by atoms with van der Waals surface area (Å²) in [5.41, 5.74) is 0. The zero-order valence-electron chi connectivity index (χ0n) is 15.9. The number of aliphatic hydroxyl groups is 1. The van der Waals surface area contributed by atoms with E-state index in [0.717, 1.165) is 15.6 Å². The molecule has 0 spiro atoms. The van der Waals surface area contributed by atoms with Crippen LogP contribution in [0.3, 0.4) is 0 Å². The van der Waals surface area contributed by atoms with Gasteiger partial charge in [0.2, 0.25) is 3.79 Å². The molecule has 0 unspecified atom stereocenters. The van der Waals surface area contributed by atoms with Crippen molar-refractivity contribution in [2.45, 2.75) is 8.13 Å². The second-order valence-corrected chi connectivity index (χ2v) is 13.1. The minimum atomic E-state index is -2.88. The van der Waals surface area contributed by atoms with E-state index in [2.05, 4.69) is 0 Å². The summed E-state index contributed by atoms with van der Waals surface area (Å²) >= 11 is 26.3. The average molecular weight is 574 g/mol. The fourth-order valence-corrected chi connectivity index (χ4v) is 5.83. The van der Waals surface area contributed by atoms with Gasteiger partial charge in [-0.1, -0.05) is 149 Å². The van der Waals surface area contributed by atoms with Crippen molar-refractivity contribution in [2.24, 2.45) is 0 Å². The number of benzene rings is 3. The summed E-state index contributed by atoms with van der Waals surface area (Å²) in [5, 5.41) is 11.4. The van der Waals surface area contributed by atoms with Gasteiger partial charge in [0.15, 0.2) is 4.33 Å². The molecule has 0 radical (unpaired) electrons. The van der Waals surface area contributed by atoms with Gasteiger partial charge in [-0.3, -0.25) is 0 Å². The first-order chi connectivity index (χ1) is 13.6. The minimum Gasteiger partial charge on any atom is -0.421 e. The van der Waals surface area contributed by atoms with Crippen LogP contribution in [0.15, 0.2) is 91.0 Å². The van der Waals surface area contributed by atoms with Crippen LogP contribution in [0.1, 0.15) is 0 Å². The third-order valence-corrected chi connectivity index (χ3v) is 10.0. The molecule has 0 aliphatic heterocycles. The molecule has 0 fully saturated rings. The van der Waals surface area contributed by atoms with E-state index < -0.39 is 23.1 Å². The molecule has 0 heterocycles. The maximum Gasteiger partial charge on any atom is 0.285 e. The summed E-state index contributed by atoms with van der Waals surface area (Å²) in [6.45, 7) is -0.605. The van der Waals surface area contributed by atoms with Gasteiger partial charge in [-0.05, 0) is 15.6 Å². The fraction of sp³-hybridized carbons (Fsp3) is 0.143. The standard InChI is InChI=1S/C18H16OSi.C3H3Cl5O.Zn/c19-20(16-10-4-1-5-11-16,17-12-6-2-7-13-17)18-14-8-3-9-15-18;4-2(5,1-9)3(6,7)8;/h1-15,19H;9H,1H2;. The van der Waals surface area contributed by atoms with E-state index in [-0.39, 0.29) is 19.5 Å². The molecule has 3 rings (SSSR count). The Morgan fingerprint density at radius 3 is 1.03 bits per heavy atom. The molecule has 0 aromatic heterocycles. The van der Waals surface area contributed by atoms with E-state index in [0.29, 0.717) is 0 Å². The number of alkyl halides is 5. The Labute approximate surface area is 215 Å². The summed E-state index contributed by atoms with van der Waals surface area (Å²) < 4.78 is -3.58. The molecule has 0 bridgehead atoms. The maximum atomic E-state index is 11.6. The third-order valence-electron chi connectivity index (χ3n) is 4.19. The first-order valence-electron chi connectivity index (χ1n) is 8.57. The van der Waals surface area contributed by atoms with Crippen molar-refractivity contribution in [3.8, 4) is 0 Å². The quantitative estimate of drug-likeness (QED) is 0.280. The first kappa shape index (κ1) is 27.9. The Bertz CT molecular complexity index is 781. The van der Waals surface area contributed by atoms with Crippen molar-refractivity contribution in [1.29, 1.82) is 0 Å². The van der Waals surface area contributed by atoms with E-state index >= 15 is 0 Å². The van der Waals surface area contributed by atoms with Gasteiger partial charge in [0.05, 0.1) is 6.61 Å². The van der Waals surface area contributed by atoms with Gasteiger partial charge in [0.1, 0.15) is 0 Å². The summed E-state index contributed by atoms with van der Waals surface area (Å²) in [7, 11) is -2.88. The summed E-state index contributed by atoms with van der Waals surface area (Å²) in [6, 6.07) is 30.0. The Kier molecular flexibility index (Phi) is 11.3. The third kappa shape index (κ3) is 6.93. The van der Waals surface area contributed by atoms with Gasteiger partial charge in [-0.15, -0.1) is 0 Å². The summed E-state index contributed by atoms with van der Waals surface area (Å²) in [6.07, 6.45) is 0. The van der Waals surface area contributed by atoms with E-state index in [4.69, 9.17) is 63.1 Å². The zero-order valence-corrected chi connectivity index (χ0v) is 23.6. The first-order valence-corrected chi connectivity index (χ1v) is 12.4. The second-order valence-electron chi connectivity index (χ2n) is 6.17. The monoisotopic (exact) mass is 570 g/mol. The average Bonchev–Trinajstić information content (AvgIpc) is 2.74. The Hall–Kier alpha value is -0.130. The summed E-state index contributed by atoms with van der Waals surface area (Å²) in [5.74, 6) is 0. The molecule has 0 atom stereocenters. The number of rotatable bonds is 4. The molecule has 0 amide bonds. The SMILES string of the molecule is OCC(Cl)(Cl)C(Cl)(Cl)Cl.O[Si](c1ccccc1)(c1ccccc1)c1ccccc1.[Zn]. The predicted molar refractivity (Wildman–Crippen MR) is 128 cm³/mol. The Morgan fingerprint density at radius 1 is 0.600 bits per heavy atom. The van der Waals surface area contributed by atoms with E-state index in [1.165, 1.54) is 0 Å². The molecular weight excluding hydrogens is 555 g/mol. The van der Waals surface area contributed by atoms with Crippen LogP contribution in [0.5, 0.6) is 0 Å². The topological polar surface area (TPSA) is 40.5 Å². The molecule has 3 aromatic carbocycles. The van der Waals surface area contributed by atoms with Gasteiger partial charge in [-0.2, -0.15) is 0 Å². The molecule has 9 heteroatoms. The van der Waals surface area contributed by atoms with E-state index in [1.807, 2.05) is 91.0 Å². The molecule has 0 aliphatic rings. The molecule has 0 saturated heterocycles. The van der Waals surface area contributed by atoms with Crippen LogP contribution in [0.25, 0.3) is 0 Å². The van der Waals surface area contributed by atoms with Crippen LogP contribution >= 0.6 is 58.0 Å². The molecule has 0 aliphatic carbocycles. The van der Waals surface area contributed by atoms with Crippen molar-refractivity contribution in [1.82, 2.24) is 0 Å². The smallest absolute Gasteiger partial charge is 0.285 e. The summed E-state index contributed by atoms with van der Waals surface area (Å²) in [4.78, 5) is 11.6. The van der Waals surface area contributed by atoms with Crippen LogP contribution in [0.2, 0.25) is 0 Å². The predicted octanol–water partition coefficient (Wildman–Crippen LogP) is 4.17. The molecule has 2 nitrogen and oxygen atoms in total. The number of aliphatic hydroxyl groups excluding tert-OH is 1. The number of hydrogen-bond donors (Lipinski definition) is 2. The fourth-order valence-electron chi connectivity index (χ4n) is 2.63. The van der Waals surface area contributed by atoms with Gasteiger partial charge in [-0.25, -0.2) is 0 Å². The van der Waals surface area contributed by atoms with Crippen molar-refractivity contribution in [2.75, 3.05) is 6.61 Å². The van der Waals surface area contributed by atoms with Crippen LogP contribution in [0, 0.1) is 0 Å². The van der Waals surface area contributed by atoms with Gasteiger partial charge in [0, 0.05) is 19.5 Å². The Morgan fingerprint density at radius 2 is 0.867 bits per heavy atom. The van der Waals surface area contributed by atoms with E-state index in [9.17, 15) is 4.80 Å². The number of hydrogen-bond acceptors (Lipinski definition) is 2. The van der Waals surface area contributed by atoms with Crippen molar-refractivity contribution >= 4 is 81.9 Å². The molecule has 3 aromatic rings. The normalized spacial score (nSPS) is 11.7. The van der Waals surface area contributed by atoms with E-state index in [1.54, 1.807) is 0 Å². The largest absolute Gasteiger partial charge is 0.421 e. The zero-order chi connectivity index (χ0) is 21.5. The molecule has 2 N–H and O–H groups in total. The van der Waals surface area contributed by atoms with Gasteiger partial charge in [0.25, 0.3) is 8.32 Å². The van der Waals surface area contributed by atoms with Crippen molar-refractivity contribution in [3.05, 3.63) is 91.0 Å². The second kappa shape index (κ2) is 12.2. The van der Waals surface area contributed by atoms with Gasteiger partial charge < -0.3 is 9.90 Å². The maximum absolute atomic E-state index is 11.6. The Balaban J connectivity index is 0.000000387. The van der Waals surface area contributed by atoms with Crippen LogP contribution in [-0.2, 0) is 19.5 Å². The van der Waals surface area contributed by atoms with Crippen molar-refractivity contribution in [3.63, 3.8) is 0 Å². The minimum absolute atomic E-state index is 0.